The summed E-state index contributed by atoms with van der Waals surface area (Å²) in [5.41, 5.74) is -0.595. The summed E-state index contributed by atoms with van der Waals surface area (Å²) in [4.78, 5) is 11.4. The molecule has 4 atom stereocenters. The Balaban J connectivity index is 2.33. The van der Waals surface area contributed by atoms with Crippen LogP contribution >= 0.6 is 0 Å². The third-order valence-corrected chi connectivity index (χ3v) is 6.84. The van der Waals surface area contributed by atoms with Crippen LogP contribution in [-0.2, 0) is 4.79 Å². The highest BCUT2D eigenvalue weighted by molar-refractivity contribution is 5.75. The molecule has 1 N–H and O–H groups in total. The normalized spacial score (nSPS) is 43.9. The number of fused-ring (bicyclic) bond motifs is 1. The van der Waals surface area contributed by atoms with Gasteiger partial charge in [-0.3, -0.25) is 0 Å². The van der Waals surface area contributed by atoms with Crippen LogP contribution in [0, 0.1) is 22.7 Å². The van der Waals surface area contributed by atoms with Crippen molar-refractivity contribution < 1.29 is 9.90 Å². The third-order valence-electron chi connectivity index (χ3n) is 6.84. The molecule has 0 radical (unpaired) electrons. The van der Waals surface area contributed by atoms with Crippen molar-refractivity contribution >= 4 is 5.78 Å². The van der Waals surface area contributed by atoms with E-state index in [0.717, 1.165) is 32.1 Å². The van der Waals surface area contributed by atoms with Gasteiger partial charge in [-0.1, -0.05) is 34.1 Å². The second-order valence-corrected chi connectivity index (χ2v) is 8.38. The average Bonchev–Trinajstić information content (AvgIpc) is 2.32. The Hall–Kier alpha value is -0.370. The zero-order chi connectivity index (χ0) is 15.2. The molecule has 0 aromatic rings. The molecule has 2 saturated carbocycles. The van der Waals surface area contributed by atoms with Crippen LogP contribution in [0.4, 0.5) is 0 Å². The molecule has 0 unspecified atom stereocenters. The summed E-state index contributed by atoms with van der Waals surface area (Å²) in [5.74, 6) is 1.38. The summed E-state index contributed by atoms with van der Waals surface area (Å²) in [7, 11) is 0. The largest absolute Gasteiger partial charge is 0.389 e. The van der Waals surface area contributed by atoms with Gasteiger partial charge in [-0.25, -0.2) is 0 Å². The van der Waals surface area contributed by atoms with Gasteiger partial charge < -0.3 is 9.90 Å². The van der Waals surface area contributed by atoms with Gasteiger partial charge in [0.1, 0.15) is 5.78 Å². The Morgan fingerprint density at radius 1 is 1.20 bits per heavy atom. The number of carbonyl (C=O) groups excluding carboxylic acids is 1. The summed E-state index contributed by atoms with van der Waals surface area (Å²) < 4.78 is 0. The second-order valence-electron chi connectivity index (χ2n) is 8.38. The maximum Gasteiger partial charge on any atom is 0.129 e. The van der Waals surface area contributed by atoms with Crippen LogP contribution in [0.1, 0.15) is 79.6 Å². The van der Waals surface area contributed by atoms with Gasteiger partial charge in [-0.2, -0.15) is 0 Å². The van der Waals surface area contributed by atoms with E-state index in [4.69, 9.17) is 0 Å². The van der Waals surface area contributed by atoms with E-state index in [0.29, 0.717) is 18.3 Å². The standard InChI is InChI=1S/C18H32O2/c1-13-9-12-18(20)16(3,4)10-6-11-17(18,5)15(13)8-7-14(2)19/h13,15,20H,6-12H2,1-5H3/t13-,15+,17+,18-/m1/s1. The molecular weight excluding hydrogens is 248 g/mol. The smallest absolute Gasteiger partial charge is 0.129 e. The van der Waals surface area contributed by atoms with Crippen molar-refractivity contribution in [3.05, 3.63) is 0 Å². The van der Waals surface area contributed by atoms with Gasteiger partial charge in [0, 0.05) is 6.42 Å². The fourth-order valence-electron chi connectivity index (χ4n) is 5.43. The summed E-state index contributed by atoms with van der Waals surface area (Å²) >= 11 is 0. The Kier molecular flexibility index (Phi) is 4.10. The van der Waals surface area contributed by atoms with Crippen LogP contribution in [0.15, 0.2) is 0 Å². The van der Waals surface area contributed by atoms with Gasteiger partial charge in [0.15, 0.2) is 0 Å². The van der Waals surface area contributed by atoms with Gasteiger partial charge in [-0.05, 0) is 61.7 Å². The van der Waals surface area contributed by atoms with Crippen LogP contribution in [0.2, 0.25) is 0 Å². The van der Waals surface area contributed by atoms with Crippen molar-refractivity contribution in [3.8, 4) is 0 Å². The van der Waals surface area contributed by atoms with E-state index in [-0.39, 0.29) is 16.6 Å². The average molecular weight is 280 g/mol. The van der Waals surface area contributed by atoms with E-state index in [1.54, 1.807) is 6.92 Å². The van der Waals surface area contributed by atoms with E-state index < -0.39 is 5.60 Å². The first-order chi connectivity index (χ1) is 9.14. The monoisotopic (exact) mass is 280 g/mol. The van der Waals surface area contributed by atoms with Gasteiger partial charge in [-0.15, -0.1) is 0 Å². The minimum atomic E-state index is -0.563. The predicted octanol–water partition coefficient (Wildman–Crippen LogP) is 4.35. The van der Waals surface area contributed by atoms with E-state index in [2.05, 4.69) is 27.7 Å². The maximum atomic E-state index is 11.5. The van der Waals surface area contributed by atoms with Crippen LogP contribution in [0.3, 0.4) is 0 Å². The minimum absolute atomic E-state index is 0.00534. The molecule has 0 aliphatic heterocycles. The third kappa shape index (κ3) is 2.24. The lowest BCUT2D eigenvalue weighted by Gasteiger charge is -2.64. The lowest BCUT2D eigenvalue weighted by atomic mass is 9.43. The van der Waals surface area contributed by atoms with E-state index in [1.165, 1.54) is 6.42 Å². The van der Waals surface area contributed by atoms with Gasteiger partial charge >= 0.3 is 0 Å². The van der Waals surface area contributed by atoms with Crippen LogP contribution < -0.4 is 0 Å². The molecule has 0 bridgehead atoms. The molecular formula is C18H32O2. The highest BCUT2D eigenvalue weighted by atomic mass is 16.3. The number of Topliss-reactive ketones (excluding diaryl/α,β-unsaturated/α-hetero) is 1. The molecule has 0 aromatic heterocycles. The van der Waals surface area contributed by atoms with Crippen molar-refractivity contribution in [1.82, 2.24) is 0 Å². The number of hydrogen-bond acceptors (Lipinski definition) is 2. The summed E-state index contributed by atoms with van der Waals surface area (Å²) in [6.45, 7) is 10.8. The Labute approximate surface area is 124 Å². The molecule has 0 saturated heterocycles. The van der Waals surface area contributed by atoms with Crippen molar-refractivity contribution in [2.75, 3.05) is 0 Å². The number of ketones is 1. The zero-order valence-corrected chi connectivity index (χ0v) is 14.0. The van der Waals surface area contributed by atoms with E-state index in [1.807, 2.05) is 0 Å². The molecule has 2 aliphatic rings. The molecule has 0 aromatic carbocycles. The number of carbonyl (C=O) groups is 1. The number of aliphatic hydroxyl groups is 1. The Morgan fingerprint density at radius 3 is 2.45 bits per heavy atom. The van der Waals surface area contributed by atoms with Gasteiger partial charge in [0.25, 0.3) is 0 Å². The number of rotatable bonds is 3. The predicted molar refractivity (Wildman–Crippen MR) is 82.5 cm³/mol. The fraction of sp³-hybridized carbons (Fsp3) is 0.944. The van der Waals surface area contributed by atoms with Crippen molar-refractivity contribution in [2.24, 2.45) is 22.7 Å². The highest BCUT2D eigenvalue weighted by Crippen LogP contribution is 2.64. The first kappa shape index (κ1) is 16.0. The van der Waals surface area contributed by atoms with E-state index >= 15 is 0 Å². The van der Waals surface area contributed by atoms with Crippen LogP contribution in [0.25, 0.3) is 0 Å². The molecule has 116 valence electrons. The van der Waals surface area contributed by atoms with E-state index in [9.17, 15) is 9.90 Å². The van der Waals surface area contributed by atoms with Crippen LogP contribution in [-0.4, -0.2) is 16.5 Å². The zero-order valence-electron chi connectivity index (χ0n) is 14.0. The molecule has 2 rings (SSSR count). The molecule has 20 heavy (non-hydrogen) atoms. The minimum Gasteiger partial charge on any atom is -0.389 e. The summed E-state index contributed by atoms with van der Waals surface area (Å²) in [6, 6.07) is 0. The van der Waals surface area contributed by atoms with Crippen molar-refractivity contribution in [2.45, 2.75) is 85.2 Å². The fourth-order valence-corrected chi connectivity index (χ4v) is 5.43. The van der Waals surface area contributed by atoms with Crippen molar-refractivity contribution in [1.29, 1.82) is 0 Å². The molecule has 0 heterocycles. The highest BCUT2D eigenvalue weighted by Gasteiger charge is 2.62. The topological polar surface area (TPSA) is 37.3 Å². The Morgan fingerprint density at radius 2 is 1.85 bits per heavy atom. The SMILES string of the molecule is CC(=O)CC[C@H]1[C@H](C)CC[C@@]2(O)C(C)(C)CCC[C@@]12C. The second kappa shape index (κ2) is 5.12. The maximum absolute atomic E-state index is 11.5. The molecule has 2 fully saturated rings. The van der Waals surface area contributed by atoms with Crippen LogP contribution in [0.5, 0.6) is 0 Å². The van der Waals surface area contributed by atoms with Gasteiger partial charge in [0.2, 0.25) is 0 Å². The quantitative estimate of drug-likeness (QED) is 0.834. The molecule has 2 heteroatoms. The first-order valence-electron chi connectivity index (χ1n) is 8.36. The molecule has 2 aliphatic carbocycles. The summed E-state index contributed by atoms with van der Waals surface area (Å²) in [6.07, 6.45) is 7.07. The Bertz CT molecular complexity index is 387. The lowest BCUT2D eigenvalue weighted by molar-refractivity contribution is -0.236. The first-order valence-corrected chi connectivity index (χ1v) is 8.36. The summed E-state index contributed by atoms with van der Waals surface area (Å²) in [5, 5.41) is 11.5. The molecule has 0 amide bonds. The lowest BCUT2D eigenvalue weighted by Crippen LogP contribution is -2.65. The molecule has 0 spiro atoms. The molecule has 2 nitrogen and oxygen atoms in total. The van der Waals surface area contributed by atoms with Crippen molar-refractivity contribution in [3.63, 3.8) is 0 Å². The number of hydrogen-bond donors (Lipinski definition) is 1. The van der Waals surface area contributed by atoms with Gasteiger partial charge in [0.05, 0.1) is 5.60 Å².